The summed E-state index contributed by atoms with van der Waals surface area (Å²) in [5, 5.41) is 14.7. The van der Waals surface area contributed by atoms with Gasteiger partial charge in [0.1, 0.15) is 5.75 Å². The second-order valence-corrected chi connectivity index (χ2v) is 8.86. The molecule has 0 radical (unpaired) electrons. The molecule has 0 saturated carbocycles. The van der Waals surface area contributed by atoms with E-state index in [2.05, 4.69) is 27.8 Å². The van der Waals surface area contributed by atoms with Crippen LogP contribution in [0.15, 0.2) is 59.8 Å². The first-order valence-electron chi connectivity index (χ1n) is 11.3. The largest absolute Gasteiger partial charge is 0.481 e. The van der Waals surface area contributed by atoms with Crippen molar-refractivity contribution >= 4 is 23.6 Å². The molecule has 34 heavy (non-hydrogen) atoms. The number of nitrogens with one attached hydrogen (secondary N) is 2. The van der Waals surface area contributed by atoms with Crippen molar-refractivity contribution in [3.8, 4) is 5.75 Å². The zero-order valence-corrected chi connectivity index (χ0v) is 20.8. The Labute approximate surface area is 204 Å². The van der Waals surface area contributed by atoms with Gasteiger partial charge in [0.2, 0.25) is 5.91 Å². The lowest BCUT2D eigenvalue weighted by Crippen LogP contribution is -2.36. The highest BCUT2D eigenvalue weighted by Crippen LogP contribution is 2.17. The van der Waals surface area contributed by atoms with Crippen LogP contribution < -0.4 is 15.4 Å². The van der Waals surface area contributed by atoms with E-state index in [1.807, 2.05) is 68.6 Å². The molecule has 2 atom stereocenters. The maximum Gasteiger partial charge on any atom is 0.261 e. The predicted octanol–water partition coefficient (Wildman–Crippen LogP) is 3.43. The minimum absolute atomic E-state index is 0.0756. The zero-order chi connectivity index (χ0) is 24.5. The third-order valence-electron chi connectivity index (χ3n) is 5.37. The molecule has 0 spiro atoms. The van der Waals surface area contributed by atoms with E-state index in [0.29, 0.717) is 16.7 Å². The van der Waals surface area contributed by atoms with Gasteiger partial charge >= 0.3 is 0 Å². The van der Waals surface area contributed by atoms with Crippen molar-refractivity contribution < 1.29 is 14.3 Å². The number of hydrogen-bond donors (Lipinski definition) is 2. The van der Waals surface area contributed by atoms with Crippen LogP contribution in [0.2, 0.25) is 0 Å². The highest BCUT2D eigenvalue weighted by atomic mass is 32.2. The molecule has 180 valence electrons. The van der Waals surface area contributed by atoms with Gasteiger partial charge in [0.15, 0.2) is 17.1 Å². The van der Waals surface area contributed by atoms with Gasteiger partial charge in [-0.3, -0.25) is 9.59 Å². The van der Waals surface area contributed by atoms with Crippen molar-refractivity contribution in [2.24, 2.45) is 7.05 Å². The lowest BCUT2D eigenvalue weighted by molar-refractivity contribution is -0.127. The average Bonchev–Trinajstić information content (AvgIpc) is 3.21. The van der Waals surface area contributed by atoms with Crippen LogP contribution in [0.4, 0.5) is 0 Å². The highest BCUT2D eigenvalue weighted by molar-refractivity contribution is 7.99. The first-order valence-corrected chi connectivity index (χ1v) is 12.2. The van der Waals surface area contributed by atoms with Gasteiger partial charge in [0.25, 0.3) is 5.91 Å². The molecule has 0 bridgehead atoms. The Balaban J connectivity index is 1.45. The van der Waals surface area contributed by atoms with Crippen LogP contribution in [0.25, 0.3) is 0 Å². The number of nitrogens with zero attached hydrogens (tertiary/aromatic N) is 3. The molecule has 0 aliphatic rings. The quantitative estimate of drug-likeness (QED) is 0.407. The van der Waals surface area contributed by atoms with Gasteiger partial charge < -0.3 is 19.9 Å². The summed E-state index contributed by atoms with van der Waals surface area (Å²) in [6.45, 7) is 5.95. The molecule has 0 saturated heterocycles. The number of ether oxygens (including phenoxy) is 1. The van der Waals surface area contributed by atoms with Crippen LogP contribution in [0.5, 0.6) is 5.75 Å². The van der Waals surface area contributed by atoms with Crippen molar-refractivity contribution in [2.75, 3.05) is 5.75 Å². The van der Waals surface area contributed by atoms with Crippen molar-refractivity contribution in [1.29, 1.82) is 0 Å². The molecule has 1 heterocycles. The molecular weight excluding hydrogens is 450 g/mol. The number of aromatic nitrogens is 3. The monoisotopic (exact) mass is 481 g/mol. The fourth-order valence-electron chi connectivity index (χ4n) is 3.23. The van der Waals surface area contributed by atoms with Gasteiger partial charge in [-0.1, -0.05) is 61.2 Å². The minimum atomic E-state index is -0.648. The summed E-state index contributed by atoms with van der Waals surface area (Å²) in [6, 6.07) is 17.4. The number of carbonyl (C=O) groups excluding carboxylic acids is 2. The molecular formula is C25H31N5O3S. The summed E-state index contributed by atoms with van der Waals surface area (Å²) in [5.41, 5.74) is 2.26. The number of amides is 2. The highest BCUT2D eigenvalue weighted by Gasteiger charge is 2.17. The molecule has 0 aliphatic carbocycles. The van der Waals surface area contributed by atoms with Crippen LogP contribution in [-0.4, -0.2) is 38.4 Å². The number of carbonyl (C=O) groups is 2. The first kappa shape index (κ1) is 25.3. The van der Waals surface area contributed by atoms with E-state index in [9.17, 15) is 9.59 Å². The number of rotatable bonds is 11. The number of thioether (sulfide) groups is 1. The Morgan fingerprint density at radius 1 is 1.06 bits per heavy atom. The number of hydrogen-bond acceptors (Lipinski definition) is 6. The van der Waals surface area contributed by atoms with E-state index in [4.69, 9.17) is 4.74 Å². The van der Waals surface area contributed by atoms with Gasteiger partial charge in [0.05, 0.1) is 18.3 Å². The fraction of sp³-hybridized carbons (Fsp3) is 0.360. The minimum Gasteiger partial charge on any atom is -0.481 e. The SMILES string of the molecule is CCc1ccc(O[C@@H](C)C(=O)NCc2nnc(SCC(=O)N[C@H](C)c3ccccc3)n2C)cc1. The lowest BCUT2D eigenvalue weighted by Gasteiger charge is -2.15. The Morgan fingerprint density at radius 3 is 2.44 bits per heavy atom. The molecule has 8 nitrogen and oxygen atoms in total. The maximum absolute atomic E-state index is 12.4. The first-order chi connectivity index (χ1) is 16.4. The molecule has 3 rings (SSSR count). The van der Waals surface area contributed by atoms with Crippen LogP contribution in [0.1, 0.15) is 43.8 Å². The fourth-order valence-corrected chi connectivity index (χ4v) is 3.98. The van der Waals surface area contributed by atoms with E-state index < -0.39 is 6.10 Å². The normalized spacial score (nSPS) is 12.6. The second-order valence-electron chi connectivity index (χ2n) is 7.92. The van der Waals surface area contributed by atoms with Gasteiger partial charge in [-0.15, -0.1) is 10.2 Å². The Bertz CT molecular complexity index is 1090. The summed E-state index contributed by atoms with van der Waals surface area (Å²) in [6.07, 6.45) is 0.302. The molecule has 3 aromatic rings. The third kappa shape index (κ3) is 7.08. The average molecular weight is 482 g/mol. The van der Waals surface area contributed by atoms with E-state index >= 15 is 0 Å². The number of benzene rings is 2. The van der Waals surface area contributed by atoms with E-state index in [1.165, 1.54) is 17.3 Å². The van der Waals surface area contributed by atoms with E-state index in [0.717, 1.165) is 12.0 Å². The zero-order valence-electron chi connectivity index (χ0n) is 19.9. The van der Waals surface area contributed by atoms with Crippen LogP contribution in [-0.2, 0) is 29.6 Å². The topological polar surface area (TPSA) is 98.1 Å². The van der Waals surface area contributed by atoms with Crippen molar-refractivity contribution in [1.82, 2.24) is 25.4 Å². The molecule has 1 aromatic heterocycles. The third-order valence-corrected chi connectivity index (χ3v) is 6.39. The van der Waals surface area contributed by atoms with Gasteiger partial charge in [-0.2, -0.15) is 0 Å². The Morgan fingerprint density at radius 2 is 1.76 bits per heavy atom. The number of aryl methyl sites for hydroxylation is 1. The summed E-state index contributed by atoms with van der Waals surface area (Å²) in [4.78, 5) is 24.8. The van der Waals surface area contributed by atoms with Crippen LogP contribution in [0.3, 0.4) is 0 Å². The molecule has 9 heteroatoms. The van der Waals surface area contributed by atoms with Gasteiger partial charge in [-0.25, -0.2) is 0 Å². The van der Waals surface area contributed by atoms with E-state index in [-0.39, 0.29) is 30.2 Å². The summed E-state index contributed by atoms with van der Waals surface area (Å²) in [5.74, 6) is 1.13. The van der Waals surface area contributed by atoms with Gasteiger partial charge in [-0.05, 0) is 43.5 Å². The smallest absolute Gasteiger partial charge is 0.261 e. The molecule has 0 unspecified atom stereocenters. The van der Waals surface area contributed by atoms with Crippen molar-refractivity contribution in [3.05, 3.63) is 71.5 Å². The maximum atomic E-state index is 12.4. The van der Waals surface area contributed by atoms with Crippen LogP contribution in [0, 0.1) is 0 Å². The van der Waals surface area contributed by atoms with E-state index in [1.54, 1.807) is 11.5 Å². The molecule has 0 fully saturated rings. The summed E-state index contributed by atoms with van der Waals surface area (Å²) >= 11 is 1.30. The predicted molar refractivity (Wildman–Crippen MR) is 132 cm³/mol. The summed E-state index contributed by atoms with van der Waals surface area (Å²) in [7, 11) is 1.81. The molecule has 2 N–H and O–H groups in total. The van der Waals surface area contributed by atoms with Gasteiger partial charge in [0, 0.05) is 7.05 Å². The molecule has 0 aliphatic heterocycles. The molecule has 2 amide bonds. The van der Waals surface area contributed by atoms with Crippen molar-refractivity contribution in [2.45, 2.75) is 51.0 Å². The second kappa shape index (κ2) is 12.2. The lowest BCUT2D eigenvalue weighted by atomic mass is 10.1. The Hall–Kier alpha value is -3.33. The van der Waals surface area contributed by atoms with Crippen LogP contribution >= 0.6 is 11.8 Å². The van der Waals surface area contributed by atoms with Crippen molar-refractivity contribution in [3.63, 3.8) is 0 Å². The molecule has 2 aromatic carbocycles. The Kier molecular flexibility index (Phi) is 9.09. The standard InChI is InChI=1S/C25H31N5O3S/c1-5-19-11-13-21(14-12-19)33-18(3)24(32)26-15-22-28-29-25(30(22)4)34-16-23(31)27-17(2)20-9-7-6-8-10-20/h6-14,17-18H,5,15-16H2,1-4H3,(H,26,32)(H,27,31)/t17-,18+/m1/s1. The summed E-state index contributed by atoms with van der Waals surface area (Å²) < 4.78 is 7.50.